The van der Waals surface area contributed by atoms with Crippen molar-refractivity contribution in [2.45, 2.75) is 13.8 Å². The van der Waals surface area contributed by atoms with E-state index in [9.17, 15) is 4.79 Å². The Morgan fingerprint density at radius 3 is 2.68 bits per heavy atom. The fourth-order valence-electron chi connectivity index (χ4n) is 1.30. The number of amides is 1. The van der Waals surface area contributed by atoms with Gasteiger partial charge < -0.3 is 16.3 Å². The highest BCUT2D eigenvalue weighted by molar-refractivity contribution is 6.43. The third-order valence-electron chi connectivity index (χ3n) is 2.69. The van der Waals surface area contributed by atoms with Gasteiger partial charge in [-0.1, -0.05) is 48.3 Å². The summed E-state index contributed by atoms with van der Waals surface area (Å²) in [5, 5.41) is 14.8. The van der Waals surface area contributed by atoms with E-state index >= 15 is 0 Å². The molecule has 0 aliphatic heterocycles. The molecule has 0 radical (unpaired) electrons. The minimum absolute atomic E-state index is 0.0324. The van der Waals surface area contributed by atoms with E-state index in [1.165, 1.54) is 0 Å². The summed E-state index contributed by atoms with van der Waals surface area (Å²) in [6, 6.07) is 4.80. The maximum Gasteiger partial charge on any atom is 0.252 e. The van der Waals surface area contributed by atoms with Crippen molar-refractivity contribution in [3.63, 3.8) is 0 Å². The molecule has 5 nitrogen and oxygen atoms in total. The SMILES string of the molecule is CC(C)(CNC(=O)c1cccc(Cl)c1Cl)/C(N)=N/O. The van der Waals surface area contributed by atoms with Gasteiger partial charge >= 0.3 is 0 Å². The van der Waals surface area contributed by atoms with Gasteiger partial charge in [0, 0.05) is 12.0 Å². The summed E-state index contributed by atoms with van der Waals surface area (Å²) in [4.78, 5) is 12.0. The van der Waals surface area contributed by atoms with Gasteiger partial charge in [-0.15, -0.1) is 0 Å². The quantitative estimate of drug-likeness (QED) is 0.345. The van der Waals surface area contributed by atoms with E-state index in [0.29, 0.717) is 5.02 Å². The number of hydrogen-bond donors (Lipinski definition) is 3. The van der Waals surface area contributed by atoms with Crippen molar-refractivity contribution in [1.82, 2.24) is 5.32 Å². The van der Waals surface area contributed by atoms with Crippen LogP contribution in [0.15, 0.2) is 23.4 Å². The number of carbonyl (C=O) groups is 1. The van der Waals surface area contributed by atoms with Gasteiger partial charge in [-0.25, -0.2) is 0 Å². The topological polar surface area (TPSA) is 87.7 Å². The van der Waals surface area contributed by atoms with Gasteiger partial charge in [-0.3, -0.25) is 4.79 Å². The molecular formula is C12H15Cl2N3O2. The number of benzene rings is 1. The molecule has 0 saturated heterocycles. The fourth-order valence-corrected chi connectivity index (χ4v) is 1.69. The first-order chi connectivity index (χ1) is 8.79. The molecule has 1 rings (SSSR count). The van der Waals surface area contributed by atoms with Crippen molar-refractivity contribution in [2.75, 3.05) is 6.54 Å². The molecule has 7 heteroatoms. The predicted octanol–water partition coefficient (Wildman–Crippen LogP) is 2.50. The second kappa shape index (κ2) is 6.12. The van der Waals surface area contributed by atoms with Crippen LogP contribution in [0.2, 0.25) is 10.0 Å². The number of rotatable bonds is 4. The summed E-state index contributed by atoms with van der Waals surface area (Å²) in [5.74, 6) is -0.337. The van der Waals surface area contributed by atoms with Crippen LogP contribution in [0, 0.1) is 5.41 Å². The molecule has 0 unspecified atom stereocenters. The molecule has 4 N–H and O–H groups in total. The summed E-state index contributed by atoms with van der Waals surface area (Å²) in [6.07, 6.45) is 0. The molecule has 0 atom stereocenters. The molecule has 0 heterocycles. The van der Waals surface area contributed by atoms with E-state index in [-0.39, 0.29) is 28.9 Å². The van der Waals surface area contributed by atoms with Crippen LogP contribution in [-0.4, -0.2) is 23.5 Å². The van der Waals surface area contributed by atoms with Crippen molar-refractivity contribution in [1.29, 1.82) is 0 Å². The molecule has 0 fully saturated rings. The van der Waals surface area contributed by atoms with Gasteiger partial charge in [-0.05, 0) is 12.1 Å². The normalized spacial score (nSPS) is 12.3. The van der Waals surface area contributed by atoms with Crippen molar-refractivity contribution in [3.8, 4) is 0 Å². The molecule has 0 spiro atoms. The number of nitrogens with zero attached hydrogens (tertiary/aromatic N) is 1. The average Bonchev–Trinajstić information content (AvgIpc) is 2.38. The minimum atomic E-state index is -0.671. The lowest BCUT2D eigenvalue weighted by atomic mass is 9.92. The van der Waals surface area contributed by atoms with E-state index in [2.05, 4.69) is 10.5 Å². The Morgan fingerprint density at radius 1 is 1.47 bits per heavy atom. The lowest BCUT2D eigenvalue weighted by Gasteiger charge is -2.23. The summed E-state index contributed by atoms with van der Waals surface area (Å²) >= 11 is 11.8. The second-order valence-electron chi connectivity index (χ2n) is 4.65. The van der Waals surface area contributed by atoms with Crippen molar-refractivity contribution in [2.24, 2.45) is 16.3 Å². The molecule has 1 aromatic rings. The summed E-state index contributed by atoms with van der Waals surface area (Å²) < 4.78 is 0. The third-order valence-corrected chi connectivity index (χ3v) is 3.51. The summed E-state index contributed by atoms with van der Waals surface area (Å²) in [6.45, 7) is 3.67. The zero-order valence-corrected chi connectivity index (χ0v) is 12.1. The van der Waals surface area contributed by atoms with Crippen LogP contribution in [0.4, 0.5) is 0 Å². The molecule has 1 aromatic carbocycles. The monoisotopic (exact) mass is 303 g/mol. The van der Waals surface area contributed by atoms with Gasteiger partial charge in [0.25, 0.3) is 5.91 Å². The zero-order chi connectivity index (χ0) is 14.6. The summed E-state index contributed by atoms with van der Waals surface area (Å²) in [7, 11) is 0. The second-order valence-corrected chi connectivity index (χ2v) is 5.44. The number of hydrogen-bond acceptors (Lipinski definition) is 3. The largest absolute Gasteiger partial charge is 0.409 e. The number of oxime groups is 1. The Labute approximate surface area is 121 Å². The number of carbonyl (C=O) groups excluding carboxylic acids is 1. The first-order valence-electron chi connectivity index (χ1n) is 5.50. The molecule has 0 aliphatic carbocycles. The Kier molecular flexibility index (Phi) is 5.03. The Bertz CT molecular complexity index is 516. The Morgan fingerprint density at radius 2 is 2.11 bits per heavy atom. The predicted molar refractivity (Wildman–Crippen MR) is 76.0 cm³/mol. The molecule has 0 aromatic heterocycles. The highest BCUT2D eigenvalue weighted by atomic mass is 35.5. The summed E-state index contributed by atoms with van der Waals surface area (Å²) in [5.41, 5.74) is 5.14. The molecule has 104 valence electrons. The zero-order valence-electron chi connectivity index (χ0n) is 10.6. The molecule has 0 saturated carbocycles. The van der Waals surface area contributed by atoms with Gasteiger partial charge in [-0.2, -0.15) is 0 Å². The molecule has 19 heavy (non-hydrogen) atoms. The van der Waals surface area contributed by atoms with Crippen LogP contribution < -0.4 is 11.1 Å². The number of nitrogens with one attached hydrogen (secondary N) is 1. The number of nitrogens with two attached hydrogens (primary N) is 1. The van der Waals surface area contributed by atoms with Crippen LogP contribution in [0.3, 0.4) is 0 Å². The lowest BCUT2D eigenvalue weighted by Crippen LogP contribution is -2.42. The number of amidine groups is 1. The fraction of sp³-hybridized carbons (Fsp3) is 0.333. The number of halogens is 2. The van der Waals surface area contributed by atoms with Crippen LogP contribution in [0.5, 0.6) is 0 Å². The smallest absolute Gasteiger partial charge is 0.252 e. The standard InChI is InChI=1S/C12H15Cl2N3O2/c1-12(2,11(15)17-19)6-16-10(18)7-4-3-5-8(13)9(7)14/h3-5,19H,6H2,1-2H3,(H2,15,17)(H,16,18). The van der Waals surface area contributed by atoms with Crippen LogP contribution in [-0.2, 0) is 0 Å². The van der Waals surface area contributed by atoms with E-state index < -0.39 is 5.41 Å². The van der Waals surface area contributed by atoms with Crippen LogP contribution in [0.25, 0.3) is 0 Å². The van der Waals surface area contributed by atoms with Gasteiger partial charge in [0.2, 0.25) is 0 Å². The molecule has 0 aliphatic rings. The lowest BCUT2D eigenvalue weighted by molar-refractivity contribution is 0.0944. The van der Waals surface area contributed by atoms with E-state index in [1.54, 1.807) is 32.0 Å². The van der Waals surface area contributed by atoms with E-state index in [4.69, 9.17) is 34.1 Å². The first kappa shape index (κ1) is 15.6. The maximum absolute atomic E-state index is 12.0. The highest BCUT2D eigenvalue weighted by Gasteiger charge is 2.25. The average molecular weight is 304 g/mol. The van der Waals surface area contributed by atoms with Crippen LogP contribution >= 0.6 is 23.2 Å². The van der Waals surface area contributed by atoms with Gasteiger partial charge in [0.15, 0.2) is 0 Å². The van der Waals surface area contributed by atoms with Crippen molar-refractivity contribution < 1.29 is 10.0 Å². The first-order valence-corrected chi connectivity index (χ1v) is 6.25. The molecule has 0 bridgehead atoms. The van der Waals surface area contributed by atoms with Crippen molar-refractivity contribution in [3.05, 3.63) is 33.8 Å². The Balaban J connectivity index is 2.79. The highest BCUT2D eigenvalue weighted by Crippen LogP contribution is 2.25. The third kappa shape index (κ3) is 3.75. The van der Waals surface area contributed by atoms with Gasteiger partial charge in [0.1, 0.15) is 5.84 Å². The maximum atomic E-state index is 12.0. The van der Waals surface area contributed by atoms with E-state index in [0.717, 1.165) is 0 Å². The minimum Gasteiger partial charge on any atom is -0.409 e. The molecular weight excluding hydrogens is 289 g/mol. The molecule has 1 amide bonds. The van der Waals surface area contributed by atoms with Crippen LogP contribution in [0.1, 0.15) is 24.2 Å². The van der Waals surface area contributed by atoms with Crippen molar-refractivity contribution >= 4 is 34.9 Å². The van der Waals surface area contributed by atoms with Gasteiger partial charge in [0.05, 0.1) is 15.6 Å². The van der Waals surface area contributed by atoms with E-state index in [1.807, 2.05) is 0 Å². The Hall–Kier alpha value is -1.46.